The first kappa shape index (κ1) is 14.9. The van der Waals surface area contributed by atoms with Gasteiger partial charge in [-0.15, -0.1) is 0 Å². The highest BCUT2D eigenvalue weighted by Gasteiger charge is 2.04. The third-order valence-corrected chi connectivity index (χ3v) is 3.88. The van der Waals surface area contributed by atoms with Crippen LogP contribution in [0, 0.1) is 0 Å². The van der Waals surface area contributed by atoms with Gasteiger partial charge in [0.2, 0.25) is 5.91 Å². The van der Waals surface area contributed by atoms with E-state index in [0.29, 0.717) is 11.4 Å². The van der Waals surface area contributed by atoms with Gasteiger partial charge in [0.15, 0.2) is 0 Å². The summed E-state index contributed by atoms with van der Waals surface area (Å²) in [7, 11) is -1.00. The van der Waals surface area contributed by atoms with Crippen LogP contribution in [-0.2, 0) is 15.6 Å². The first-order valence-corrected chi connectivity index (χ1v) is 7.32. The Morgan fingerprint density at radius 1 is 1.22 bits per heavy atom. The number of amides is 1. The number of carbonyl (C=O) groups is 1. The molecular weight excluding hydrogens is 250 g/mol. The summed E-state index contributed by atoms with van der Waals surface area (Å²) in [5, 5.41) is 11.3. The van der Waals surface area contributed by atoms with E-state index >= 15 is 0 Å². The Hall–Kier alpha value is -1.20. The highest BCUT2D eigenvalue weighted by Crippen LogP contribution is 2.14. The molecule has 0 saturated carbocycles. The summed E-state index contributed by atoms with van der Waals surface area (Å²) >= 11 is 0. The number of nitrogens with one attached hydrogen (secondary N) is 1. The summed E-state index contributed by atoms with van der Waals surface area (Å²) in [6.07, 6.45) is 2.51. The summed E-state index contributed by atoms with van der Waals surface area (Å²) in [5.41, 5.74) is 0.712. The molecule has 0 spiro atoms. The van der Waals surface area contributed by atoms with Gasteiger partial charge in [-0.1, -0.05) is 6.42 Å². The van der Waals surface area contributed by atoms with Gasteiger partial charge in [-0.3, -0.25) is 9.00 Å². The van der Waals surface area contributed by atoms with Crippen LogP contribution in [0.15, 0.2) is 29.2 Å². The summed E-state index contributed by atoms with van der Waals surface area (Å²) in [6.45, 7) is 1.64. The van der Waals surface area contributed by atoms with Crippen molar-refractivity contribution in [1.82, 2.24) is 0 Å². The molecule has 0 aliphatic carbocycles. The van der Waals surface area contributed by atoms with Crippen molar-refractivity contribution in [2.45, 2.75) is 31.1 Å². The Balaban J connectivity index is 2.46. The van der Waals surface area contributed by atoms with Gasteiger partial charge in [-0.2, -0.15) is 0 Å². The molecule has 18 heavy (non-hydrogen) atoms. The van der Waals surface area contributed by atoms with Crippen molar-refractivity contribution < 1.29 is 14.1 Å². The Morgan fingerprint density at radius 2 is 1.89 bits per heavy atom. The van der Waals surface area contributed by atoms with E-state index in [1.807, 2.05) is 0 Å². The van der Waals surface area contributed by atoms with Crippen LogP contribution in [0.5, 0.6) is 0 Å². The van der Waals surface area contributed by atoms with Gasteiger partial charge in [0, 0.05) is 29.9 Å². The standard InChI is InChI=1S/C13H19NO3S/c1-11(16)14-12-5-7-13(8-6-12)18(17)10-4-2-3-9-15/h5-8,15H,2-4,9-10H2,1H3,(H,14,16). The molecule has 0 aliphatic rings. The van der Waals surface area contributed by atoms with E-state index in [2.05, 4.69) is 5.32 Å². The minimum absolute atomic E-state index is 0.118. The predicted octanol–water partition coefficient (Wildman–Crippen LogP) is 1.92. The Kier molecular flexibility index (Phi) is 6.60. The molecule has 0 fully saturated rings. The molecule has 1 rings (SSSR count). The van der Waals surface area contributed by atoms with E-state index < -0.39 is 10.8 Å². The SMILES string of the molecule is CC(=O)Nc1ccc(S(=O)CCCCCO)cc1. The fourth-order valence-electron chi connectivity index (χ4n) is 1.53. The average Bonchev–Trinajstić information content (AvgIpc) is 2.34. The molecule has 0 aromatic heterocycles. The number of carbonyl (C=O) groups excluding carboxylic acids is 1. The second-order valence-electron chi connectivity index (χ2n) is 4.04. The molecule has 1 unspecified atom stereocenters. The molecule has 0 saturated heterocycles. The van der Waals surface area contributed by atoms with Crippen molar-refractivity contribution in [3.8, 4) is 0 Å². The summed E-state index contributed by atoms with van der Waals surface area (Å²) in [6, 6.07) is 7.05. The maximum atomic E-state index is 11.9. The highest BCUT2D eigenvalue weighted by atomic mass is 32.2. The predicted molar refractivity (Wildman–Crippen MR) is 73.0 cm³/mol. The van der Waals surface area contributed by atoms with E-state index in [1.54, 1.807) is 24.3 Å². The van der Waals surface area contributed by atoms with Crippen LogP contribution in [0.25, 0.3) is 0 Å². The molecule has 0 heterocycles. The van der Waals surface area contributed by atoms with Crippen LogP contribution in [0.4, 0.5) is 5.69 Å². The van der Waals surface area contributed by atoms with Gasteiger partial charge >= 0.3 is 0 Å². The molecule has 0 radical (unpaired) electrons. The number of hydrogen-bond acceptors (Lipinski definition) is 3. The van der Waals surface area contributed by atoms with Gasteiger partial charge in [0.25, 0.3) is 0 Å². The summed E-state index contributed by atoms with van der Waals surface area (Å²) in [5.74, 6) is 0.493. The van der Waals surface area contributed by atoms with Crippen LogP contribution >= 0.6 is 0 Å². The van der Waals surface area contributed by atoms with Crippen LogP contribution in [0.1, 0.15) is 26.2 Å². The van der Waals surface area contributed by atoms with Gasteiger partial charge in [-0.05, 0) is 37.1 Å². The number of benzene rings is 1. The minimum Gasteiger partial charge on any atom is -0.396 e. The van der Waals surface area contributed by atoms with Crippen LogP contribution in [0.3, 0.4) is 0 Å². The summed E-state index contributed by atoms with van der Waals surface area (Å²) in [4.78, 5) is 11.6. The zero-order valence-corrected chi connectivity index (χ0v) is 11.3. The zero-order chi connectivity index (χ0) is 13.4. The van der Waals surface area contributed by atoms with Gasteiger partial charge in [-0.25, -0.2) is 0 Å². The smallest absolute Gasteiger partial charge is 0.221 e. The van der Waals surface area contributed by atoms with E-state index in [9.17, 15) is 9.00 Å². The number of rotatable bonds is 7. The monoisotopic (exact) mass is 269 g/mol. The quantitative estimate of drug-likeness (QED) is 0.743. The van der Waals surface area contributed by atoms with Crippen molar-refractivity contribution in [3.63, 3.8) is 0 Å². The van der Waals surface area contributed by atoms with Crippen molar-refractivity contribution in [2.75, 3.05) is 17.7 Å². The van der Waals surface area contributed by atoms with Gasteiger partial charge in [0.1, 0.15) is 0 Å². The Morgan fingerprint density at radius 3 is 2.44 bits per heavy atom. The first-order valence-electron chi connectivity index (χ1n) is 6.00. The first-order chi connectivity index (χ1) is 8.63. The molecule has 0 aliphatic heterocycles. The topological polar surface area (TPSA) is 66.4 Å². The number of aliphatic hydroxyl groups excluding tert-OH is 1. The minimum atomic E-state index is -1.00. The van der Waals surface area contributed by atoms with E-state index in [1.165, 1.54) is 6.92 Å². The lowest BCUT2D eigenvalue weighted by Crippen LogP contribution is -2.06. The molecule has 1 amide bonds. The molecule has 4 nitrogen and oxygen atoms in total. The Bertz CT molecular complexity index is 403. The molecule has 1 atom stereocenters. The van der Waals surface area contributed by atoms with E-state index in [4.69, 9.17) is 5.11 Å². The number of aliphatic hydroxyl groups is 1. The number of anilines is 1. The number of unbranched alkanes of at least 4 members (excludes halogenated alkanes) is 2. The Labute approximate surface area is 110 Å². The molecular formula is C13H19NO3S. The maximum absolute atomic E-state index is 11.9. The average molecular weight is 269 g/mol. The molecule has 100 valence electrons. The third kappa shape index (κ3) is 5.42. The lowest BCUT2D eigenvalue weighted by atomic mass is 10.3. The lowest BCUT2D eigenvalue weighted by molar-refractivity contribution is -0.114. The van der Waals surface area contributed by atoms with Crippen molar-refractivity contribution in [1.29, 1.82) is 0 Å². The molecule has 5 heteroatoms. The molecule has 1 aromatic carbocycles. The summed E-state index contributed by atoms with van der Waals surface area (Å²) < 4.78 is 11.9. The van der Waals surface area contributed by atoms with Crippen LogP contribution in [-0.4, -0.2) is 27.6 Å². The van der Waals surface area contributed by atoms with Crippen molar-refractivity contribution in [2.24, 2.45) is 0 Å². The van der Waals surface area contributed by atoms with E-state index in [0.717, 1.165) is 24.2 Å². The second-order valence-corrected chi connectivity index (χ2v) is 5.61. The zero-order valence-electron chi connectivity index (χ0n) is 10.5. The van der Waals surface area contributed by atoms with Crippen molar-refractivity contribution >= 4 is 22.4 Å². The highest BCUT2D eigenvalue weighted by molar-refractivity contribution is 7.85. The van der Waals surface area contributed by atoms with Crippen LogP contribution in [0.2, 0.25) is 0 Å². The van der Waals surface area contributed by atoms with Gasteiger partial charge < -0.3 is 10.4 Å². The third-order valence-electron chi connectivity index (χ3n) is 2.43. The van der Waals surface area contributed by atoms with E-state index in [-0.39, 0.29) is 12.5 Å². The molecule has 1 aromatic rings. The molecule has 0 bridgehead atoms. The van der Waals surface area contributed by atoms with Gasteiger partial charge in [0.05, 0.1) is 10.8 Å². The van der Waals surface area contributed by atoms with Crippen molar-refractivity contribution in [3.05, 3.63) is 24.3 Å². The fraction of sp³-hybridized carbons (Fsp3) is 0.462. The fourth-order valence-corrected chi connectivity index (χ4v) is 2.67. The molecule has 2 N–H and O–H groups in total. The maximum Gasteiger partial charge on any atom is 0.221 e. The van der Waals surface area contributed by atoms with Crippen LogP contribution < -0.4 is 5.32 Å². The number of hydrogen-bond donors (Lipinski definition) is 2. The normalized spacial score (nSPS) is 12.1. The second kappa shape index (κ2) is 8.00. The lowest BCUT2D eigenvalue weighted by Gasteiger charge is -2.05. The largest absolute Gasteiger partial charge is 0.396 e.